The van der Waals surface area contributed by atoms with E-state index in [2.05, 4.69) is 33.0 Å². The fourth-order valence-corrected chi connectivity index (χ4v) is 3.13. The van der Waals surface area contributed by atoms with Gasteiger partial charge in [0.25, 0.3) is 5.69 Å². The minimum atomic E-state index is -0.428. The molecule has 1 N–H and O–H groups in total. The van der Waals surface area contributed by atoms with Gasteiger partial charge in [-0.3, -0.25) is 10.1 Å². The number of aryl methyl sites for hydroxylation is 1. The molecule has 0 spiro atoms. The molecule has 0 bridgehead atoms. The van der Waals surface area contributed by atoms with Crippen molar-refractivity contribution in [1.29, 1.82) is 0 Å². The molecule has 0 aliphatic rings. The number of nitrogens with zero attached hydrogens (tertiary/aromatic N) is 1. The van der Waals surface area contributed by atoms with Crippen molar-refractivity contribution in [3.8, 4) is 0 Å². The summed E-state index contributed by atoms with van der Waals surface area (Å²) < 4.78 is 0. The van der Waals surface area contributed by atoms with Crippen LogP contribution in [0.1, 0.15) is 51.2 Å². The number of nitro groups is 1. The van der Waals surface area contributed by atoms with Gasteiger partial charge in [0, 0.05) is 18.0 Å². The molecule has 1 aromatic carbocycles. The van der Waals surface area contributed by atoms with E-state index in [1.807, 2.05) is 6.92 Å². The van der Waals surface area contributed by atoms with E-state index in [0.717, 1.165) is 24.1 Å². The Labute approximate surface area is 132 Å². The third-order valence-electron chi connectivity index (χ3n) is 3.86. The molecule has 5 heteroatoms. The van der Waals surface area contributed by atoms with Crippen molar-refractivity contribution < 1.29 is 4.92 Å². The Hall–Kier alpha value is -1.13. The summed E-state index contributed by atoms with van der Waals surface area (Å²) in [6.45, 7) is 11.5. The largest absolute Gasteiger partial charge is 0.314 e. The first-order valence-electron chi connectivity index (χ1n) is 7.47. The molecule has 0 aromatic heterocycles. The summed E-state index contributed by atoms with van der Waals surface area (Å²) >= 11 is 6.09. The number of rotatable bonds is 7. The summed E-state index contributed by atoms with van der Waals surface area (Å²) in [5.41, 5.74) is 2.00. The van der Waals surface area contributed by atoms with Gasteiger partial charge in [0.15, 0.2) is 0 Å². The van der Waals surface area contributed by atoms with Crippen molar-refractivity contribution in [3.63, 3.8) is 0 Å². The van der Waals surface area contributed by atoms with E-state index >= 15 is 0 Å². The first-order chi connectivity index (χ1) is 9.79. The first kappa shape index (κ1) is 17.9. The smallest absolute Gasteiger partial charge is 0.288 e. The third kappa shape index (κ3) is 4.42. The molecular formula is C16H25ClN2O2. The van der Waals surface area contributed by atoms with Crippen LogP contribution in [0.5, 0.6) is 0 Å². The van der Waals surface area contributed by atoms with Crippen molar-refractivity contribution >= 4 is 17.3 Å². The van der Waals surface area contributed by atoms with E-state index in [4.69, 9.17) is 11.6 Å². The summed E-state index contributed by atoms with van der Waals surface area (Å²) in [4.78, 5) is 10.5. The van der Waals surface area contributed by atoms with Crippen molar-refractivity contribution in [1.82, 2.24) is 5.32 Å². The van der Waals surface area contributed by atoms with Crippen molar-refractivity contribution in [2.24, 2.45) is 5.92 Å². The molecule has 0 fully saturated rings. The average molecular weight is 313 g/mol. The topological polar surface area (TPSA) is 55.2 Å². The lowest BCUT2D eigenvalue weighted by Gasteiger charge is -2.30. The van der Waals surface area contributed by atoms with Crippen LogP contribution in [0.15, 0.2) is 12.1 Å². The molecule has 0 aliphatic heterocycles. The molecule has 0 aliphatic carbocycles. The maximum atomic E-state index is 11.0. The summed E-state index contributed by atoms with van der Waals surface area (Å²) in [5, 5.41) is 14.7. The number of hydrogen-bond donors (Lipinski definition) is 1. The molecule has 2 atom stereocenters. The maximum absolute atomic E-state index is 11.0. The van der Waals surface area contributed by atoms with Gasteiger partial charge in [-0.1, -0.05) is 32.4 Å². The highest BCUT2D eigenvalue weighted by atomic mass is 35.5. The molecular weight excluding hydrogens is 288 g/mol. The zero-order valence-electron chi connectivity index (χ0n) is 13.4. The second-order valence-corrected chi connectivity index (χ2v) is 6.34. The predicted octanol–water partition coefficient (Wildman–Crippen LogP) is 4.68. The lowest BCUT2D eigenvalue weighted by molar-refractivity contribution is -0.384. The second-order valence-electron chi connectivity index (χ2n) is 5.93. The maximum Gasteiger partial charge on any atom is 0.288 e. The zero-order chi connectivity index (χ0) is 16.2. The molecule has 21 heavy (non-hydrogen) atoms. The first-order valence-corrected chi connectivity index (χ1v) is 7.85. The van der Waals surface area contributed by atoms with E-state index in [1.165, 1.54) is 0 Å². The highest BCUT2D eigenvalue weighted by molar-refractivity contribution is 6.32. The molecule has 4 nitrogen and oxygen atoms in total. The number of nitro benzene ring substituents is 1. The van der Waals surface area contributed by atoms with Crippen LogP contribution in [0.25, 0.3) is 0 Å². The molecule has 0 saturated heterocycles. The highest BCUT2D eigenvalue weighted by Gasteiger charge is 2.26. The summed E-state index contributed by atoms with van der Waals surface area (Å²) in [7, 11) is 0. The third-order valence-corrected chi connectivity index (χ3v) is 4.17. The van der Waals surface area contributed by atoms with Gasteiger partial charge in [0.1, 0.15) is 5.02 Å². The standard InChI is InChI=1S/C16H25ClN2O2/c1-6-7-18-12(5)16(10(2)3)13-9-14(17)15(19(20)21)8-11(13)4/h8-10,12,16,18H,6-7H2,1-5H3. The summed E-state index contributed by atoms with van der Waals surface area (Å²) in [6.07, 6.45) is 1.08. The molecule has 0 heterocycles. The van der Waals surface area contributed by atoms with Crippen LogP contribution in [-0.4, -0.2) is 17.5 Å². The Bertz CT molecular complexity index is 503. The Balaban J connectivity index is 3.20. The van der Waals surface area contributed by atoms with Gasteiger partial charge in [-0.2, -0.15) is 0 Å². The van der Waals surface area contributed by atoms with Gasteiger partial charge in [-0.25, -0.2) is 0 Å². The van der Waals surface area contributed by atoms with Gasteiger partial charge in [0.05, 0.1) is 4.92 Å². The van der Waals surface area contributed by atoms with Gasteiger partial charge in [-0.05, 0) is 49.9 Å². The van der Waals surface area contributed by atoms with E-state index < -0.39 is 4.92 Å². The van der Waals surface area contributed by atoms with Crippen molar-refractivity contribution in [2.75, 3.05) is 6.54 Å². The van der Waals surface area contributed by atoms with Crippen molar-refractivity contribution in [2.45, 2.75) is 53.0 Å². The Morgan fingerprint density at radius 2 is 1.95 bits per heavy atom. The quantitative estimate of drug-likeness (QED) is 0.587. The van der Waals surface area contributed by atoms with E-state index in [0.29, 0.717) is 12.0 Å². The van der Waals surface area contributed by atoms with E-state index in [9.17, 15) is 10.1 Å². The Morgan fingerprint density at radius 1 is 1.33 bits per heavy atom. The molecule has 2 unspecified atom stereocenters. The summed E-state index contributed by atoms with van der Waals surface area (Å²) in [5.74, 6) is 0.690. The molecule has 118 valence electrons. The summed E-state index contributed by atoms with van der Waals surface area (Å²) in [6, 6.07) is 3.64. The normalized spacial score (nSPS) is 14.2. The Kier molecular flexibility index (Phi) is 6.62. The van der Waals surface area contributed by atoms with Crippen LogP contribution in [0.2, 0.25) is 5.02 Å². The van der Waals surface area contributed by atoms with Crippen LogP contribution in [0.4, 0.5) is 5.69 Å². The molecule has 1 aromatic rings. The monoisotopic (exact) mass is 312 g/mol. The highest BCUT2D eigenvalue weighted by Crippen LogP contribution is 2.36. The van der Waals surface area contributed by atoms with Crippen molar-refractivity contribution in [3.05, 3.63) is 38.4 Å². The van der Waals surface area contributed by atoms with Gasteiger partial charge < -0.3 is 5.32 Å². The second kappa shape index (κ2) is 7.76. The number of benzene rings is 1. The average Bonchev–Trinajstić information content (AvgIpc) is 2.39. The molecule has 0 saturated carbocycles. The van der Waals surface area contributed by atoms with Crippen LogP contribution in [0, 0.1) is 23.0 Å². The van der Waals surface area contributed by atoms with Gasteiger partial charge in [0.2, 0.25) is 0 Å². The number of nitrogens with one attached hydrogen (secondary N) is 1. The lowest BCUT2D eigenvalue weighted by atomic mass is 9.81. The fourth-order valence-electron chi connectivity index (χ4n) is 2.89. The van der Waals surface area contributed by atoms with E-state index in [-0.39, 0.29) is 16.6 Å². The van der Waals surface area contributed by atoms with E-state index in [1.54, 1.807) is 12.1 Å². The lowest BCUT2D eigenvalue weighted by Crippen LogP contribution is -2.35. The van der Waals surface area contributed by atoms with Crippen LogP contribution < -0.4 is 5.32 Å². The Morgan fingerprint density at radius 3 is 2.43 bits per heavy atom. The number of halogens is 1. The minimum Gasteiger partial charge on any atom is -0.314 e. The zero-order valence-corrected chi connectivity index (χ0v) is 14.2. The predicted molar refractivity (Wildman–Crippen MR) is 88.2 cm³/mol. The SMILES string of the molecule is CCCNC(C)C(c1cc(Cl)c([N+](=O)[O-])cc1C)C(C)C. The molecule has 0 radical (unpaired) electrons. The minimum absolute atomic E-state index is 0.0189. The molecule has 1 rings (SSSR count). The molecule has 0 amide bonds. The number of hydrogen-bond acceptors (Lipinski definition) is 3. The fraction of sp³-hybridized carbons (Fsp3) is 0.625. The van der Waals surface area contributed by atoms with Crippen LogP contribution in [0.3, 0.4) is 0 Å². The van der Waals surface area contributed by atoms with Crippen LogP contribution in [-0.2, 0) is 0 Å². The van der Waals surface area contributed by atoms with Gasteiger partial charge in [-0.15, -0.1) is 0 Å². The van der Waals surface area contributed by atoms with Crippen LogP contribution >= 0.6 is 11.6 Å². The van der Waals surface area contributed by atoms with Gasteiger partial charge >= 0.3 is 0 Å².